The zero-order valence-corrected chi connectivity index (χ0v) is 6.26. The van der Waals surface area contributed by atoms with Gasteiger partial charge in [0.25, 0.3) is 0 Å². The van der Waals surface area contributed by atoms with Crippen molar-refractivity contribution in [2.75, 3.05) is 14.1 Å². The third-order valence-electron chi connectivity index (χ3n) is 1.29. The molecule has 0 rings (SSSR count). The Hall–Kier alpha value is -0.540. The van der Waals surface area contributed by atoms with Crippen LogP contribution in [0.5, 0.6) is 0 Å². The molecule has 3 nitrogen and oxygen atoms in total. The molecule has 0 heterocycles. The van der Waals surface area contributed by atoms with Crippen LogP contribution in [0.1, 0.15) is 6.92 Å². The predicted octanol–water partition coefficient (Wildman–Crippen LogP) is -0.305. The van der Waals surface area contributed by atoms with Crippen molar-refractivity contribution in [3.63, 3.8) is 0 Å². The average molecular weight is 129 g/mol. The SMILES string of the molecule is C/C(=C\N)C(N)N(C)C. The molecule has 3 heteroatoms. The molecule has 0 aromatic heterocycles. The minimum atomic E-state index is -0.0463. The maximum absolute atomic E-state index is 5.65. The summed E-state index contributed by atoms with van der Waals surface area (Å²) in [6, 6.07) is 0. The standard InChI is InChI=1S/C6H15N3/c1-5(4-7)6(8)9(2)3/h4,6H,7-8H2,1-3H3/b5-4+. The van der Waals surface area contributed by atoms with Gasteiger partial charge in [0.15, 0.2) is 0 Å². The fourth-order valence-corrected chi connectivity index (χ4v) is 0.506. The maximum Gasteiger partial charge on any atom is 0.0803 e. The van der Waals surface area contributed by atoms with Crippen LogP contribution in [-0.2, 0) is 0 Å². The summed E-state index contributed by atoms with van der Waals surface area (Å²) in [6.45, 7) is 1.91. The first kappa shape index (κ1) is 8.46. The number of hydrogen-bond acceptors (Lipinski definition) is 3. The van der Waals surface area contributed by atoms with Crippen LogP contribution in [0.3, 0.4) is 0 Å². The monoisotopic (exact) mass is 129 g/mol. The molecule has 0 aromatic carbocycles. The van der Waals surface area contributed by atoms with Gasteiger partial charge in [-0.1, -0.05) is 0 Å². The quantitative estimate of drug-likeness (QED) is 0.503. The molecule has 9 heavy (non-hydrogen) atoms. The van der Waals surface area contributed by atoms with Gasteiger partial charge in [-0.3, -0.25) is 4.90 Å². The molecule has 0 radical (unpaired) electrons. The van der Waals surface area contributed by atoms with Crippen molar-refractivity contribution in [2.45, 2.75) is 13.1 Å². The van der Waals surface area contributed by atoms with Crippen LogP contribution in [0.4, 0.5) is 0 Å². The van der Waals surface area contributed by atoms with Gasteiger partial charge < -0.3 is 11.5 Å². The highest BCUT2D eigenvalue weighted by atomic mass is 15.2. The van der Waals surface area contributed by atoms with E-state index in [4.69, 9.17) is 11.5 Å². The second kappa shape index (κ2) is 3.48. The molecule has 0 aromatic rings. The summed E-state index contributed by atoms with van der Waals surface area (Å²) < 4.78 is 0. The normalized spacial score (nSPS) is 16.3. The lowest BCUT2D eigenvalue weighted by atomic mass is 10.2. The lowest BCUT2D eigenvalue weighted by Crippen LogP contribution is -2.37. The van der Waals surface area contributed by atoms with Crippen LogP contribution in [0.25, 0.3) is 0 Å². The van der Waals surface area contributed by atoms with Crippen LogP contribution in [0, 0.1) is 0 Å². The molecule has 54 valence electrons. The van der Waals surface area contributed by atoms with Crippen LogP contribution in [0.15, 0.2) is 11.8 Å². The third kappa shape index (κ3) is 2.49. The van der Waals surface area contributed by atoms with Crippen molar-refractivity contribution >= 4 is 0 Å². The van der Waals surface area contributed by atoms with Gasteiger partial charge in [-0.2, -0.15) is 0 Å². The highest BCUT2D eigenvalue weighted by Crippen LogP contribution is 1.96. The molecule has 1 atom stereocenters. The highest BCUT2D eigenvalue weighted by molar-refractivity contribution is 5.02. The van der Waals surface area contributed by atoms with E-state index >= 15 is 0 Å². The Morgan fingerprint density at radius 3 is 2.11 bits per heavy atom. The Morgan fingerprint density at radius 1 is 1.56 bits per heavy atom. The van der Waals surface area contributed by atoms with Crippen LogP contribution in [0.2, 0.25) is 0 Å². The van der Waals surface area contributed by atoms with Crippen molar-refractivity contribution in [2.24, 2.45) is 11.5 Å². The van der Waals surface area contributed by atoms with Crippen molar-refractivity contribution in [3.05, 3.63) is 11.8 Å². The molecular formula is C6H15N3. The molecule has 4 N–H and O–H groups in total. The zero-order valence-electron chi connectivity index (χ0n) is 6.26. The minimum Gasteiger partial charge on any atom is -0.405 e. The largest absolute Gasteiger partial charge is 0.405 e. The molecule has 0 fully saturated rings. The molecule has 0 spiro atoms. The van der Waals surface area contributed by atoms with Gasteiger partial charge in [-0.15, -0.1) is 0 Å². The third-order valence-corrected chi connectivity index (χ3v) is 1.29. The highest BCUT2D eigenvalue weighted by Gasteiger charge is 2.04. The number of nitrogens with two attached hydrogens (primary N) is 2. The maximum atomic E-state index is 5.65. The molecule has 0 amide bonds. The topological polar surface area (TPSA) is 55.3 Å². The number of hydrogen-bond donors (Lipinski definition) is 2. The summed E-state index contributed by atoms with van der Waals surface area (Å²) in [5.41, 5.74) is 11.9. The first-order chi connectivity index (χ1) is 4.09. The van der Waals surface area contributed by atoms with E-state index in [2.05, 4.69) is 0 Å². The van der Waals surface area contributed by atoms with Gasteiger partial charge >= 0.3 is 0 Å². The summed E-state index contributed by atoms with van der Waals surface area (Å²) in [7, 11) is 3.83. The Labute approximate surface area is 56.3 Å². The van der Waals surface area contributed by atoms with Crippen molar-refractivity contribution in [1.29, 1.82) is 0 Å². The summed E-state index contributed by atoms with van der Waals surface area (Å²) in [6.07, 6.45) is 1.49. The molecule has 0 aliphatic rings. The van der Waals surface area contributed by atoms with E-state index in [9.17, 15) is 0 Å². The summed E-state index contributed by atoms with van der Waals surface area (Å²) >= 11 is 0. The molecular weight excluding hydrogens is 114 g/mol. The van der Waals surface area contributed by atoms with E-state index in [0.717, 1.165) is 5.57 Å². The van der Waals surface area contributed by atoms with E-state index in [0.29, 0.717) is 0 Å². The lowest BCUT2D eigenvalue weighted by Gasteiger charge is -2.19. The lowest BCUT2D eigenvalue weighted by molar-refractivity contribution is 0.337. The molecule has 0 saturated heterocycles. The Balaban J connectivity index is 3.88. The summed E-state index contributed by atoms with van der Waals surface area (Å²) in [5.74, 6) is 0. The number of rotatable bonds is 2. The van der Waals surface area contributed by atoms with E-state index in [-0.39, 0.29) is 6.17 Å². The van der Waals surface area contributed by atoms with Crippen molar-refractivity contribution < 1.29 is 0 Å². The van der Waals surface area contributed by atoms with Gasteiger partial charge in [0, 0.05) is 0 Å². The molecule has 1 unspecified atom stereocenters. The summed E-state index contributed by atoms with van der Waals surface area (Å²) in [5, 5.41) is 0. The second-order valence-corrected chi connectivity index (χ2v) is 2.32. The van der Waals surface area contributed by atoms with E-state index in [1.165, 1.54) is 6.20 Å². The second-order valence-electron chi connectivity index (χ2n) is 2.32. The minimum absolute atomic E-state index is 0.0463. The molecule has 0 saturated carbocycles. The number of likely N-dealkylation sites (N-methyl/N-ethyl adjacent to an activating group) is 1. The first-order valence-corrected chi connectivity index (χ1v) is 2.90. The Morgan fingerprint density at radius 2 is 2.00 bits per heavy atom. The van der Waals surface area contributed by atoms with Gasteiger partial charge in [0.2, 0.25) is 0 Å². The Bertz CT molecular complexity index is 107. The van der Waals surface area contributed by atoms with E-state index in [1.54, 1.807) is 0 Å². The number of nitrogens with zero attached hydrogens (tertiary/aromatic N) is 1. The average Bonchev–Trinajstić information content (AvgIpc) is 1.84. The zero-order chi connectivity index (χ0) is 7.44. The summed E-state index contributed by atoms with van der Waals surface area (Å²) in [4.78, 5) is 1.90. The van der Waals surface area contributed by atoms with E-state index in [1.807, 2.05) is 25.9 Å². The van der Waals surface area contributed by atoms with Crippen LogP contribution >= 0.6 is 0 Å². The van der Waals surface area contributed by atoms with E-state index < -0.39 is 0 Å². The van der Waals surface area contributed by atoms with Gasteiger partial charge in [-0.05, 0) is 32.8 Å². The Kier molecular flexibility index (Phi) is 3.27. The molecule has 0 aliphatic heterocycles. The van der Waals surface area contributed by atoms with Gasteiger partial charge in [0.1, 0.15) is 0 Å². The fraction of sp³-hybridized carbons (Fsp3) is 0.667. The predicted molar refractivity (Wildman–Crippen MR) is 39.6 cm³/mol. The molecule has 0 aliphatic carbocycles. The van der Waals surface area contributed by atoms with Crippen LogP contribution in [-0.4, -0.2) is 25.2 Å². The fourth-order valence-electron chi connectivity index (χ4n) is 0.506. The smallest absolute Gasteiger partial charge is 0.0803 e. The first-order valence-electron chi connectivity index (χ1n) is 2.90. The molecule has 0 bridgehead atoms. The van der Waals surface area contributed by atoms with Crippen molar-refractivity contribution in [3.8, 4) is 0 Å². The van der Waals surface area contributed by atoms with Gasteiger partial charge in [-0.25, -0.2) is 0 Å². The van der Waals surface area contributed by atoms with Gasteiger partial charge in [0.05, 0.1) is 6.17 Å². The van der Waals surface area contributed by atoms with Crippen LogP contribution < -0.4 is 11.5 Å². The van der Waals surface area contributed by atoms with Crippen molar-refractivity contribution in [1.82, 2.24) is 4.90 Å².